The number of para-hydroxylation sites is 2. The van der Waals surface area contributed by atoms with Gasteiger partial charge in [0.1, 0.15) is 11.6 Å². The van der Waals surface area contributed by atoms with Gasteiger partial charge >= 0.3 is 0 Å². The van der Waals surface area contributed by atoms with Crippen molar-refractivity contribution in [3.05, 3.63) is 95.3 Å². The van der Waals surface area contributed by atoms with E-state index in [4.69, 9.17) is 15.0 Å². The van der Waals surface area contributed by atoms with Crippen LogP contribution in [0.2, 0.25) is 0 Å². The van der Waals surface area contributed by atoms with Crippen LogP contribution < -0.4 is 4.74 Å². The summed E-state index contributed by atoms with van der Waals surface area (Å²) < 4.78 is 7.55. The van der Waals surface area contributed by atoms with Crippen molar-refractivity contribution in [2.75, 3.05) is 7.11 Å². The molecule has 136 valence electrons. The maximum atomic E-state index is 8.94. The van der Waals surface area contributed by atoms with Gasteiger partial charge in [-0.25, -0.2) is 4.98 Å². The fourth-order valence-electron chi connectivity index (χ4n) is 3.18. The third kappa shape index (κ3) is 3.65. The summed E-state index contributed by atoms with van der Waals surface area (Å²) in [6.45, 7) is 0.699. The van der Waals surface area contributed by atoms with Gasteiger partial charge in [0, 0.05) is 6.54 Å². The summed E-state index contributed by atoms with van der Waals surface area (Å²) in [5.41, 5.74) is 4.88. The summed E-state index contributed by atoms with van der Waals surface area (Å²) in [7, 11) is 1.68. The van der Waals surface area contributed by atoms with Crippen LogP contribution in [0.25, 0.3) is 23.2 Å². The Bertz CT molecular complexity index is 1180. The number of hydrogen-bond acceptors (Lipinski definition) is 3. The normalized spacial score (nSPS) is 11.0. The number of hydrogen-bond donors (Lipinski definition) is 0. The lowest BCUT2D eigenvalue weighted by molar-refractivity contribution is 0.414. The summed E-state index contributed by atoms with van der Waals surface area (Å²) in [5, 5.41) is 8.94. The zero-order chi connectivity index (χ0) is 19.3. The monoisotopic (exact) mass is 365 g/mol. The molecule has 4 nitrogen and oxygen atoms in total. The van der Waals surface area contributed by atoms with Gasteiger partial charge in [0.05, 0.1) is 29.8 Å². The van der Waals surface area contributed by atoms with Crippen LogP contribution in [0.3, 0.4) is 0 Å². The molecule has 0 saturated carbocycles. The quantitative estimate of drug-likeness (QED) is 0.492. The molecule has 0 bridgehead atoms. The van der Waals surface area contributed by atoms with E-state index in [1.165, 1.54) is 0 Å². The highest BCUT2D eigenvalue weighted by molar-refractivity contribution is 5.80. The maximum absolute atomic E-state index is 8.94. The molecule has 0 fully saturated rings. The third-order valence-electron chi connectivity index (χ3n) is 4.62. The largest absolute Gasteiger partial charge is 0.497 e. The molecule has 28 heavy (non-hydrogen) atoms. The summed E-state index contributed by atoms with van der Waals surface area (Å²) in [6.07, 6.45) is 4.03. The molecule has 0 aliphatic rings. The molecule has 1 heterocycles. The van der Waals surface area contributed by atoms with E-state index in [1.807, 2.05) is 72.8 Å². The standard InChI is InChI=1S/C24H19N3O/c1-28-21-6-4-5-20(15-21)17-27-23-8-3-2-7-22(23)26-24(27)14-13-18-9-11-19(16-25)12-10-18/h2-15H,17H2,1H3. The molecule has 0 saturated heterocycles. The third-order valence-corrected chi connectivity index (χ3v) is 4.62. The molecule has 4 rings (SSSR count). The van der Waals surface area contributed by atoms with E-state index in [-0.39, 0.29) is 0 Å². The van der Waals surface area contributed by atoms with E-state index in [2.05, 4.69) is 22.8 Å². The zero-order valence-corrected chi connectivity index (χ0v) is 15.5. The number of nitriles is 1. The van der Waals surface area contributed by atoms with Gasteiger partial charge in [-0.1, -0.05) is 42.5 Å². The van der Waals surface area contributed by atoms with Crippen LogP contribution >= 0.6 is 0 Å². The fraction of sp³-hybridized carbons (Fsp3) is 0.0833. The summed E-state index contributed by atoms with van der Waals surface area (Å²) >= 11 is 0. The van der Waals surface area contributed by atoms with Gasteiger partial charge in [-0.05, 0) is 53.6 Å². The van der Waals surface area contributed by atoms with Gasteiger partial charge in [-0.2, -0.15) is 5.26 Å². The highest BCUT2D eigenvalue weighted by atomic mass is 16.5. The summed E-state index contributed by atoms with van der Waals surface area (Å²) in [5.74, 6) is 1.73. The molecular weight excluding hydrogens is 346 g/mol. The molecule has 1 aromatic heterocycles. The van der Waals surface area contributed by atoms with Crippen molar-refractivity contribution in [2.24, 2.45) is 0 Å². The number of imidazole rings is 1. The second kappa shape index (κ2) is 7.81. The molecule has 0 unspecified atom stereocenters. The van der Waals surface area contributed by atoms with Crippen molar-refractivity contribution in [3.63, 3.8) is 0 Å². The second-order valence-corrected chi connectivity index (χ2v) is 6.46. The van der Waals surface area contributed by atoms with Crippen molar-refractivity contribution < 1.29 is 4.74 Å². The highest BCUT2D eigenvalue weighted by Gasteiger charge is 2.09. The predicted molar refractivity (Wildman–Crippen MR) is 112 cm³/mol. The second-order valence-electron chi connectivity index (χ2n) is 6.46. The van der Waals surface area contributed by atoms with Crippen molar-refractivity contribution in [1.29, 1.82) is 5.26 Å². The number of fused-ring (bicyclic) bond motifs is 1. The first-order chi connectivity index (χ1) is 13.8. The number of rotatable bonds is 5. The SMILES string of the molecule is COc1cccc(Cn2c(C=Cc3ccc(C#N)cc3)nc3ccccc32)c1. The predicted octanol–water partition coefficient (Wildman–Crippen LogP) is 5.14. The van der Waals surface area contributed by atoms with E-state index >= 15 is 0 Å². The Morgan fingerprint density at radius 1 is 1.00 bits per heavy atom. The topological polar surface area (TPSA) is 50.8 Å². The van der Waals surface area contributed by atoms with Crippen LogP contribution in [0.4, 0.5) is 0 Å². The lowest BCUT2D eigenvalue weighted by Gasteiger charge is -2.09. The van der Waals surface area contributed by atoms with Gasteiger partial charge in [0.25, 0.3) is 0 Å². The Morgan fingerprint density at radius 2 is 1.82 bits per heavy atom. The Morgan fingerprint density at radius 3 is 2.61 bits per heavy atom. The van der Waals surface area contributed by atoms with Gasteiger partial charge in [0.15, 0.2) is 0 Å². The van der Waals surface area contributed by atoms with E-state index < -0.39 is 0 Å². The average Bonchev–Trinajstić information content (AvgIpc) is 3.10. The molecule has 4 heteroatoms. The Labute approximate surface area is 164 Å². The minimum absolute atomic E-state index is 0.655. The van der Waals surface area contributed by atoms with Crippen molar-refractivity contribution >= 4 is 23.2 Å². The number of nitrogens with zero attached hydrogens (tertiary/aromatic N) is 3. The number of benzene rings is 3. The Balaban J connectivity index is 1.72. The molecule has 0 atom stereocenters. The number of aromatic nitrogens is 2. The van der Waals surface area contributed by atoms with Crippen LogP contribution in [-0.2, 0) is 6.54 Å². The minimum Gasteiger partial charge on any atom is -0.497 e. The lowest BCUT2D eigenvalue weighted by atomic mass is 10.1. The molecule has 0 spiro atoms. The molecule has 0 aliphatic heterocycles. The van der Waals surface area contributed by atoms with Crippen molar-refractivity contribution in [1.82, 2.24) is 9.55 Å². The minimum atomic E-state index is 0.655. The fourth-order valence-corrected chi connectivity index (χ4v) is 3.18. The number of methoxy groups -OCH3 is 1. The van der Waals surface area contributed by atoms with E-state index in [1.54, 1.807) is 7.11 Å². The molecule has 0 amide bonds. The van der Waals surface area contributed by atoms with Crippen molar-refractivity contribution in [3.8, 4) is 11.8 Å². The van der Waals surface area contributed by atoms with Gasteiger partial charge in [-0.15, -0.1) is 0 Å². The molecule has 3 aromatic carbocycles. The van der Waals surface area contributed by atoms with Gasteiger partial charge in [-0.3, -0.25) is 0 Å². The average molecular weight is 365 g/mol. The lowest BCUT2D eigenvalue weighted by Crippen LogP contribution is -2.02. The molecule has 4 aromatic rings. The molecule has 0 radical (unpaired) electrons. The zero-order valence-electron chi connectivity index (χ0n) is 15.5. The first kappa shape index (κ1) is 17.6. The molecular formula is C24H19N3O. The molecule has 0 aliphatic carbocycles. The van der Waals surface area contributed by atoms with Crippen LogP contribution in [0.15, 0.2) is 72.8 Å². The van der Waals surface area contributed by atoms with Crippen LogP contribution in [-0.4, -0.2) is 16.7 Å². The Kier molecular flexibility index (Phi) is 4.90. The smallest absolute Gasteiger partial charge is 0.134 e. The first-order valence-electron chi connectivity index (χ1n) is 9.03. The molecule has 0 N–H and O–H groups in total. The van der Waals surface area contributed by atoms with Crippen LogP contribution in [0.1, 0.15) is 22.5 Å². The van der Waals surface area contributed by atoms with Gasteiger partial charge < -0.3 is 9.30 Å². The summed E-state index contributed by atoms with van der Waals surface area (Å²) in [6, 6.07) is 25.9. The van der Waals surface area contributed by atoms with E-state index in [0.29, 0.717) is 12.1 Å². The van der Waals surface area contributed by atoms with E-state index in [9.17, 15) is 0 Å². The maximum Gasteiger partial charge on any atom is 0.134 e. The van der Waals surface area contributed by atoms with Crippen LogP contribution in [0, 0.1) is 11.3 Å². The van der Waals surface area contributed by atoms with E-state index in [0.717, 1.165) is 33.7 Å². The Hall–Kier alpha value is -3.84. The van der Waals surface area contributed by atoms with Crippen molar-refractivity contribution in [2.45, 2.75) is 6.54 Å². The van der Waals surface area contributed by atoms with Crippen LogP contribution in [0.5, 0.6) is 5.75 Å². The first-order valence-corrected chi connectivity index (χ1v) is 9.03. The van der Waals surface area contributed by atoms with Gasteiger partial charge in [0.2, 0.25) is 0 Å². The summed E-state index contributed by atoms with van der Waals surface area (Å²) in [4.78, 5) is 4.79. The highest BCUT2D eigenvalue weighted by Crippen LogP contribution is 2.21. The number of ether oxygens (including phenoxy) is 1.